The average Bonchev–Trinajstić information content (AvgIpc) is 3.44. The van der Waals surface area contributed by atoms with Crippen LogP contribution in [0.2, 0.25) is 0 Å². The van der Waals surface area contributed by atoms with Gasteiger partial charge in [-0.05, 0) is 73.2 Å². The molecule has 0 aliphatic carbocycles. The van der Waals surface area contributed by atoms with Crippen molar-refractivity contribution in [2.45, 2.75) is 64.7 Å². The summed E-state index contributed by atoms with van der Waals surface area (Å²) in [5.74, 6) is 0.430. The topological polar surface area (TPSA) is 111 Å². The third kappa shape index (κ3) is 6.12. The van der Waals surface area contributed by atoms with E-state index in [4.69, 9.17) is 37.7 Å². The van der Waals surface area contributed by atoms with Crippen molar-refractivity contribution in [3.8, 4) is 17.1 Å². The second kappa shape index (κ2) is 13.7. The highest BCUT2D eigenvalue weighted by Gasteiger charge is 2.45. The third-order valence-corrected chi connectivity index (χ3v) is 9.56. The smallest absolute Gasteiger partial charge is 0.343 e. The van der Waals surface area contributed by atoms with Gasteiger partial charge in [-0.25, -0.2) is 9.78 Å². The summed E-state index contributed by atoms with van der Waals surface area (Å²) >= 11 is 11.9. The number of cyclic esters (lactones) is 1. The van der Waals surface area contributed by atoms with E-state index in [0.717, 1.165) is 47.3 Å². The number of anilines is 1. The zero-order chi connectivity index (χ0) is 33.3. The Kier molecular flexibility index (Phi) is 9.60. The van der Waals surface area contributed by atoms with Gasteiger partial charge >= 0.3 is 11.9 Å². The Morgan fingerprint density at radius 1 is 1.06 bits per heavy atom. The van der Waals surface area contributed by atoms with E-state index in [-0.39, 0.29) is 42.1 Å². The molecular weight excluding hydrogens is 641 g/mol. The molecule has 2 aromatic carbocycles. The lowest BCUT2D eigenvalue weighted by Crippen LogP contribution is -2.44. The number of pyridine rings is 2. The molecule has 246 valence electrons. The lowest BCUT2D eigenvalue weighted by Gasteiger charge is -2.31. The van der Waals surface area contributed by atoms with E-state index in [9.17, 15) is 19.5 Å². The van der Waals surface area contributed by atoms with Crippen molar-refractivity contribution in [2.75, 3.05) is 29.7 Å². The number of nitrogens with zero attached hydrogens (tertiary/aromatic N) is 3. The van der Waals surface area contributed by atoms with E-state index in [1.54, 1.807) is 23.6 Å². The van der Waals surface area contributed by atoms with Crippen LogP contribution in [0.3, 0.4) is 0 Å². The number of ether oxygens (including phenoxy) is 2. The van der Waals surface area contributed by atoms with Crippen molar-refractivity contribution in [1.29, 1.82) is 0 Å². The van der Waals surface area contributed by atoms with Gasteiger partial charge in [0.2, 0.25) is 0 Å². The molecule has 0 saturated carbocycles. The number of carbonyl (C=O) groups excluding carboxylic acids is 2. The summed E-state index contributed by atoms with van der Waals surface area (Å²) in [6.07, 6.45) is 2.41. The fraction of sp³-hybridized carbons (Fsp3) is 0.389. The molecule has 0 fully saturated rings. The van der Waals surface area contributed by atoms with Gasteiger partial charge in [-0.1, -0.05) is 26.0 Å². The molecule has 1 atom stereocenters. The molecule has 0 radical (unpaired) electrons. The van der Waals surface area contributed by atoms with Crippen LogP contribution in [0.15, 0.2) is 53.3 Å². The quantitative estimate of drug-likeness (QED) is 0.0994. The van der Waals surface area contributed by atoms with E-state index in [2.05, 4.69) is 29.2 Å². The van der Waals surface area contributed by atoms with Crippen molar-refractivity contribution in [2.24, 2.45) is 0 Å². The lowest BCUT2D eigenvalue weighted by atomic mass is 9.86. The Labute approximate surface area is 283 Å². The molecule has 2 aliphatic heterocycles. The molecule has 0 unspecified atom stereocenters. The summed E-state index contributed by atoms with van der Waals surface area (Å²) in [6, 6.07) is 15.3. The zero-order valence-electron chi connectivity index (χ0n) is 26.5. The maximum absolute atomic E-state index is 13.6. The van der Waals surface area contributed by atoms with Gasteiger partial charge < -0.3 is 24.0 Å². The number of carbonyl (C=O) groups is 2. The minimum atomic E-state index is -1.88. The Hall–Kier alpha value is -3.92. The standard InChI is InChI=1S/C36H37Cl2N3O6/c1-3-25-26-18-24(47-32(42)7-5-6-22-8-10-23(11-9-22)40(16-14-37)17-15-38)12-13-30(26)39-33-27(25)20-41-31(33)19-29-28(34(41)43)21-46-35(44)36(29,45)4-2/h8-13,18-19,45H,3-7,14-17,20-21H2,1-2H3/t36-/m0/s1. The molecule has 47 heavy (non-hydrogen) atoms. The summed E-state index contributed by atoms with van der Waals surface area (Å²) in [5.41, 5.74) is 4.41. The third-order valence-electron chi connectivity index (χ3n) is 9.22. The second-order valence-electron chi connectivity index (χ2n) is 11.9. The van der Waals surface area contributed by atoms with Crippen LogP contribution in [0, 0.1) is 0 Å². The van der Waals surface area contributed by atoms with Gasteiger partial charge in [0.15, 0.2) is 5.60 Å². The molecule has 0 amide bonds. The predicted octanol–water partition coefficient (Wildman–Crippen LogP) is 5.85. The minimum Gasteiger partial charge on any atom is -0.458 e. The number of hydrogen-bond donors (Lipinski definition) is 1. The van der Waals surface area contributed by atoms with Crippen LogP contribution < -0.4 is 15.2 Å². The molecule has 4 heterocycles. The number of fused-ring (bicyclic) bond motifs is 5. The second-order valence-corrected chi connectivity index (χ2v) is 12.7. The van der Waals surface area contributed by atoms with E-state index in [0.29, 0.717) is 53.8 Å². The van der Waals surface area contributed by atoms with Gasteiger partial charge in [0.1, 0.15) is 12.4 Å². The van der Waals surface area contributed by atoms with Crippen LogP contribution in [0.4, 0.5) is 5.69 Å². The summed E-state index contributed by atoms with van der Waals surface area (Å²) in [5, 5.41) is 12.0. The maximum atomic E-state index is 13.6. The number of aryl methyl sites for hydroxylation is 2. The highest BCUT2D eigenvalue weighted by molar-refractivity contribution is 6.18. The summed E-state index contributed by atoms with van der Waals surface area (Å²) in [4.78, 5) is 46.0. The molecule has 6 rings (SSSR count). The van der Waals surface area contributed by atoms with Gasteiger partial charge in [-0.3, -0.25) is 9.59 Å². The van der Waals surface area contributed by atoms with Crippen LogP contribution in [0.1, 0.15) is 60.9 Å². The summed E-state index contributed by atoms with van der Waals surface area (Å²) < 4.78 is 12.6. The van der Waals surface area contributed by atoms with Crippen LogP contribution in [0.5, 0.6) is 5.75 Å². The van der Waals surface area contributed by atoms with E-state index < -0.39 is 11.6 Å². The Morgan fingerprint density at radius 3 is 2.49 bits per heavy atom. The normalized spacial score (nSPS) is 16.4. The van der Waals surface area contributed by atoms with Crippen molar-refractivity contribution in [3.63, 3.8) is 0 Å². The molecule has 2 aliphatic rings. The molecule has 11 heteroatoms. The monoisotopic (exact) mass is 677 g/mol. The molecule has 0 saturated heterocycles. The molecule has 1 N–H and O–H groups in total. The number of alkyl halides is 2. The van der Waals surface area contributed by atoms with Crippen LogP contribution in [0.25, 0.3) is 22.3 Å². The van der Waals surface area contributed by atoms with Gasteiger partial charge in [-0.15, -0.1) is 23.2 Å². The van der Waals surface area contributed by atoms with Crippen molar-refractivity contribution in [1.82, 2.24) is 9.55 Å². The number of aliphatic hydroxyl groups is 1. The van der Waals surface area contributed by atoms with E-state index >= 15 is 0 Å². The van der Waals surface area contributed by atoms with Gasteiger partial charge in [0.25, 0.3) is 5.56 Å². The van der Waals surface area contributed by atoms with Gasteiger partial charge in [0, 0.05) is 53.5 Å². The molecule has 2 aromatic heterocycles. The van der Waals surface area contributed by atoms with E-state index in [1.807, 2.05) is 19.1 Å². The highest BCUT2D eigenvalue weighted by Crippen LogP contribution is 2.40. The van der Waals surface area contributed by atoms with Gasteiger partial charge in [-0.2, -0.15) is 0 Å². The Balaban J connectivity index is 1.18. The van der Waals surface area contributed by atoms with Crippen molar-refractivity contribution in [3.05, 3.63) is 86.7 Å². The first-order valence-corrected chi connectivity index (χ1v) is 17.1. The van der Waals surface area contributed by atoms with Gasteiger partial charge in [0.05, 0.1) is 29.0 Å². The SMILES string of the molecule is CCc1c2c(nc3ccc(OC(=O)CCCc4ccc(N(CCCl)CCCl)cc4)cc13)-c1cc3c(c(=O)n1C2)COC(=O)[C@]3(O)CC. The Bertz CT molecular complexity index is 1900. The van der Waals surface area contributed by atoms with Crippen molar-refractivity contribution < 1.29 is 24.2 Å². The minimum absolute atomic E-state index is 0.0816. The fourth-order valence-corrected chi connectivity index (χ4v) is 7.08. The van der Waals surface area contributed by atoms with Crippen LogP contribution in [-0.2, 0) is 45.9 Å². The molecule has 0 bridgehead atoms. The number of rotatable bonds is 12. The number of aromatic nitrogens is 2. The summed E-state index contributed by atoms with van der Waals surface area (Å²) in [6.45, 7) is 5.31. The first-order valence-electron chi connectivity index (χ1n) is 16.0. The summed E-state index contributed by atoms with van der Waals surface area (Å²) in [7, 11) is 0. The number of hydrogen-bond acceptors (Lipinski definition) is 8. The molecule has 0 spiro atoms. The zero-order valence-corrected chi connectivity index (χ0v) is 28.0. The van der Waals surface area contributed by atoms with Crippen LogP contribution >= 0.6 is 23.2 Å². The fourth-order valence-electron chi connectivity index (χ4n) is 6.67. The van der Waals surface area contributed by atoms with E-state index in [1.165, 1.54) is 0 Å². The first-order chi connectivity index (χ1) is 22.7. The number of benzene rings is 2. The largest absolute Gasteiger partial charge is 0.458 e. The van der Waals surface area contributed by atoms with Crippen molar-refractivity contribution >= 4 is 51.7 Å². The lowest BCUT2D eigenvalue weighted by molar-refractivity contribution is -0.172. The first kappa shape index (κ1) is 33.0. The average molecular weight is 679 g/mol. The predicted molar refractivity (Wildman–Crippen MR) is 183 cm³/mol. The molecule has 4 aromatic rings. The highest BCUT2D eigenvalue weighted by atomic mass is 35.5. The Morgan fingerprint density at radius 2 is 1.81 bits per heavy atom. The maximum Gasteiger partial charge on any atom is 0.343 e. The number of esters is 2. The van der Waals surface area contributed by atoms with Crippen LogP contribution in [-0.4, -0.2) is 51.4 Å². The molecule has 9 nitrogen and oxygen atoms in total. The molecular formula is C36H37Cl2N3O6. The number of halogens is 2.